The predicted octanol–water partition coefficient (Wildman–Crippen LogP) is 4.23. The van der Waals surface area contributed by atoms with Gasteiger partial charge in [-0.05, 0) is 30.5 Å². The van der Waals surface area contributed by atoms with Gasteiger partial charge in [-0.1, -0.05) is 64.3 Å². The van der Waals surface area contributed by atoms with E-state index in [1.54, 1.807) is 0 Å². The molecule has 1 rings (SSSR count). The van der Waals surface area contributed by atoms with Gasteiger partial charge in [-0.25, -0.2) is 0 Å². The van der Waals surface area contributed by atoms with E-state index in [2.05, 4.69) is 50.4 Å². The normalized spacial score (nSPS) is 14.0. The average Bonchev–Trinajstić information content (AvgIpc) is 2.48. The second-order valence-electron chi connectivity index (χ2n) is 5.62. The molecule has 0 saturated carbocycles. The minimum atomic E-state index is -0.725. The van der Waals surface area contributed by atoms with Crippen molar-refractivity contribution in [1.29, 1.82) is 0 Å². The molecular weight excluding hydrogens is 278 g/mol. The van der Waals surface area contributed by atoms with Crippen molar-refractivity contribution in [2.24, 2.45) is 0 Å². The lowest BCUT2D eigenvalue weighted by Gasteiger charge is -2.18. The van der Waals surface area contributed by atoms with Crippen LogP contribution in [0.25, 0.3) is 0 Å². The second kappa shape index (κ2) is 11.0. The van der Waals surface area contributed by atoms with Crippen LogP contribution in [0.15, 0.2) is 24.3 Å². The van der Waals surface area contributed by atoms with Crippen molar-refractivity contribution >= 4 is 10.8 Å². The zero-order valence-corrected chi connectivity index (χ0v) is 14.7. The summed E-state index contributed by atoms with van der Waals surface area (Å²) in [5.41, 5.74) is 2.65. The number of rotatable bonds is 11. The highest BCUT2D eigenvalue weighted by Gasteiger charge is 2.13. The summed E-state index contributed by atoms with van der Waals surface area (Å²) in [5, 5.41) is 3.48. The maximum Gasteiger partial charge on any atom is 0.0436 e. The highest BCUT2D eigenvalue weighted by atomic mass is 32.2. The van der Waals surface area contributed by atoms with E-state index in [1.165, 1.54) is 30.4 Å². The van der Waals surface area contributed by atoms with E-state index in [4.69, 9.17) is 0 Å². The maximum atomic E-state index is 12.2. The zero-order valence-electron chi connectivity index (χ0n) is 13.9. The summed E-state index contributed by atoms with van der Waals surface area (Å²) in [7, 11) is -0.725. The topological polar surface area (TPSA) is 29.1 Å². The SMILES string of the molecule is CCCCCS(=O)CC(NCC)c1ccc(CCC)cc1. The fourth-order valence-corrected chi connectivity index (χ4v) is 3.88. The lowest BCUT2D eigenvalue weighted by Crippen LogP contribution is -2.26. The van der Waals surface area contributed by atoms with E-state index in [9.17, 15) is 4.21 Å². The zero-order chi connectivity index (χ0) is 15.5. The maximum absolute atomic E-state index is 12.2. The van der Waals surface area contributed by atoms with Gasteiger partial charge in [0.1, 0.15) is 0 Å². The molecule has 0 saturated heterocycles. The molecule has 3 heteroatoms. The number of hydrogen-bond acceptors (Lipinski definition) is 2. The summed E-state index contributed by atoms with van der Waals surface area (Å²) in [4.78, 5) is 0. The average molecular weight is 310 g/mol. The van der Waals surface area contributed by atoms with Gasteiger partial charge in [0.05, 0.1) is 0 Å². The Kier molecular flexibility index (Phi) is 9.60. The Morgan fingerprint density at radius 3 is 2.33 bits per heavy atom. The first-order valence-electron chi connectivity index (χ1n) is 8.38. The summed E-state index contributed by atoms with van der Waals surface area (Å²) in [6, 6.07) is 9.03. The lowest BCUT2D eigenvalue weighted by atomic mass is 10.0. The minimum absolute atomic E-state index is 0.216. The van der Waals surface area contributed by atoms with E-state index >= 15 is 0 Å². The van der Waals surface area contributed by atoms with Crippen molar-refractivity contribution < 1.29 is 4.21 Å². The third kappa shape index (κ3) is 7.23. The summed E-state index contributed by atoms with van der Waals surface area (Å²) in [6.07, 6.45) is 5.76. The van der Waals surface area contributed by atoms with Gasteiger partial charge in [0.25, 0.3) is 0 Å². The number of unbranched alkanes of at least 4 members (excludes halogenated alkanes) is 2. The van der Waals surface area contributed by atoms with Crippen molar-refractivity contribution in [3.63, 3.8) is 0 Å². The molecule has 120 valence electrons. The number of hydrogen-bond donors (Lipinski definition) is 1. The lowest BCUT2D eigenvalue weighted by molar-refractivity contribution is 0.593. The molecule has 0 aromatic heterocycles. The first-order valence-corrected chi connectivity index (χ1v) is 9.87. The number of nitrogens with one attached hydrogen (secondary N) is 1. The quantitative estimate of drug-likeness (QED) is 0.620. The van der Waals surface area contributed by atoms with Crippen molar-refractivity contribution in [3.8, 4) is 0 Å². The summed E-state index contributed by atoms with van der Waals surface area (Å²) >= 11 is 0. The van der Waals surface area contributed by atoms with E-state index in [1.807, 2.05) is 0 Å². The highest BCUT2D eigenvalue weighted by molar-refractivity contribution is 7.85. The first-order chi connectivity index (χ1) is 10.2. The summed E-state index contributed by atoms with van der Waals surface area (Å²) in [6.45, 7) is 7.41. The standard InChI is InChI=1S/C18H31NOS/c1-4-7-8-14-21(20)15-18(19-6-3)17-12-10-16(9-5-2)11-13-17/h10-13,18-19H,4-9,14-15H2,1-3H3. The highest BCUT2D eigenvalue weighted by Crippen LogP contribution is 2.16. The molecule has 0 radical (unpaired) electrons. The van der Waals surface area contributed by atoms with Crippen molar-refractivity contribution in [2.45, 2.75) is 58.9 Å². The predicted molar refractivity (Wildman–Crippen MR) is 94.3 cm³/mol. The Bertz CT molecular complexity index is 402. The van der Waals surface area contributed by atoms with Crippen LogP contribution in [0.4, 0.5) is 0 Å². The molecule has 0 aliphatic heterocycles. The molecule has 2 atom stereocenters. The third-order valence-corrected chi connectivity index (χ3v) is 5.15. The largest absolute Gasteiger partial charge is 0.309 e. The van der Waals surface area contributed by atoms with Crippen LogP contribution in [0.1, 0.15) is 63.6 Å². The Morgan fingerprint density at radius 2 is 1.76 bits per heavy atom. The van der Waals surface area contributed by atoms with Gasteiger partial charge < -0.3 is 5.32 Å². The van der Waals surface area contributed by atoms with Gasteiger partial charge in [0.15, 0.2) is 0 Å². The third-order valence-electron chi connectivity index (χ3n) is 3.70. The number of benzene rings is 1. The fraction of sp³-hybridized carbons (Fsp3) is 0.667. The Hall–Kier alpha value is -0.670. The Labute approximate surface area is 133 Å². The molecule has 1 aromatic carbocycles. The van der Waals surface area contributed by atoms with Crippen LogP contribution in [0, 0.1) is 0 Å². The van der Waals surface area contributed by atoms with E-state index in [0.717, 1.165) is 30.9 Å². The van der Waals surface area contributed by atoms with Crippen LogP contribution in [0.3, 0.4) is 0 Å². The van der Waals surface area contributed by atoms with Gasteiger partial charge in [0.2, 0.25) is 0 Å². The Morgan fingerprint density at radius 1 is 1.05 bits per heavy atom. The van der Waals surface area contributed by atoms with Crippen LogP contribution in [0.5, 0.6) is 0 Å². The second-order valence-corrected chi connectivity index (χ2v) is 7.24. The molecular formula is C18H31NOS. The summed E-state index contributed by atoms with van der Waals surface area (Å²) in [5.74, 6) is 1.56. The summed E-state index contributed by atoms with van der Waals surface area (Å²) < 4.78 is 12.2. The van der Waals surface area contributed by atoms with Crippen LogP contribution in [-0.2, 0) is 17.2 Å². The van der Waals surface area contributed by atoms with E-state index < -0.39 is 10.8 Å². The fourth-order valence-electron chi connectivity index (χ4n) is 2.51. The number of aryl methyl sites for hydroxylation is 1. The van der Waals surface area contributed by atoms with E-state index in [-0.39, 0.29) is 6.04 Å². The molecule has 0 bridgehead atoms. The monoisotopic (exact) mass is 309 g/mol. The molecule has 0 aliphatic rings. The molecule has 2 unspecified atom stereocenters. The van der Waals surface area contributed by atoms with Gasteiger partial charge in [-0.2, -0.15) is 0 Å². The van der Waals surface area contributed by atoms with Gasteiger partial charge in [0, 0.05) is 28.3 Å². The molecule has 0 fully saturated rings. The molecule has 1 N–H and O–H groups in total. The Balaban J connectivity index is 2.60. The van der Waals surface area contributed by atoms with Gasteiger partial charge in [-0.15, -0.1) is 0 Å². The molecule has 1 aromatic rings. The van der Waals surface area contributed by atoms with Crippen molar-refractivity contribution in [1.82, 2.24) is 5.32 Å². The van der Waals surface area contributed by atoms with Gasteiger partial charge >= 0.3 is 0 Å². The van der Waals surface area contributed by atoms with Gasteiger partial charge in [-0.3, -0.25) is 4.21 Å². The first kappa shape index (κ1) is 18.4. The smallest absolute Gasteiger partial charge is 0.0436 e. The molecule has 2 nitrogen and oxygen atoms in total. The minimum Gasteiger partial charge on any atom is -0.309 e. The molecule has 0 amide bonds. The van der Waals surface area contributed by atoms with Crippen LogP contribution >= 0.6 is 0 Å². The molecule has 0 aliphatic carbocycles. The van der Waals surface area contributed by atoms with Crippen LogP contribution in [0.2, 0.25) is 0 Å². The van der Waals surface area contributed by atoms with Crippen molar-refractivity contribution in [2.75, 3.05) is 18.1 Å². The molecule has 0 heterocycles. The van der Waals surface area contributed by atoms with Crippen LogP contribution in [-0.4, -0.2) is 22.3 Å². The van der Waals surface area contributed by atoms with Crippen LogP contribution < -0.4 is 5.32 Å². The van der Waals surface area contributed by atoms with E-state index in [0.29, 0.717) is 0 Å². The van der Waals surface area contributed by atoms with Crippen molar-refractivity contribution in [3.05, 3.63) is 35.4 Å². The molecule has 21 heavy (non-hydrogen) atoms. The molecule has 0 spiro atoms.